The van der Waals surface area contributed by atoms with Gasteiger partial charge < -0.3 is 9.30 Å². The molecule has 2 aromatic heterocycles. The normalized spacial score (nSPS) is 15.0. The van der Waals surface area contributed by atoms with Crippen LogP contribution in [0.2, 0.25) is 0 Å². The van der Waals surface area contributed by atoms with E-state index in [0.717, 1.165) is 25.7 Å². The van der Waals surface area contributed by atoms with Gasteiger partial charge in [-0.3, -0.25) is 5.01 Å². The van der Waals surface area contributed by atoms with Crippen LogP contribution < -0.4 is 10.4 Å². The molecule has 0 aliphatic heterocycles. The van der Waals surface area contributed by atoms with Crippen LogP contribution >= 0.6 is 0 Å². The predicted octanol–water partition coefficient (Wildman–Crippen LogP) is 2.42. The van der Waals surface area contributed by atoms with Crippen molar-refractivity contribution in [1.82, 2.24) is 24.9 Å². The SMILES string of the molecule is Cn1cnc2c(N(NC(=O)OC(C)(C)C)C3CCCC3)nc(C#N)nc21. The lowest BCUT2D eigenvalue weighted by Gasteiger charge is -2.31. The van der Waals surface area contributed by atoms with Gasteiger partial charge in [-0.05, 0) is 33.6 Å². The zero-order valence-electron chi connectivity index (χ0n) is 15.5. The summed E-state index contributed by atoms with van der Waals surface area (Å²) in [5.41, 5.74) is 3.27. The van der Waals surface area contributed by atoms with Gasteiger partial charge in [0, 0.05) is 7.05 Å². The van der Waals surface area contributed by atoms with E-state index in [4.69, 9.17) is 4.74 Å². The number of nitrogens with one attached hydrogen (secondary N) is 1. The number of imidazole rings is 1. The highest BCUT2D eigenvalue weighted by Gasteiger charge is 2.30. The van der Waals surface area contributed by atoms with Crippen molar-refractivity contribution in [3.05, 3.63) is 12.2 Å². The molecule has 1 N–H and O–H groups in total. The Hall–Kier alpha value is -2.89. The van der Waals surface area contributed by atoms with Crippen LogP contribution in [0.1, 0.15) is 52.3 Å². The fourth-order valence-corrected chi connectivity index (χ4v) is 3.09. The second kappa shape index (κ2) is 6.78. The topological polar surface area (TPSA) is 109 Å². The number of ether oxygens (including phenoxy) is 1. The Kier molecular flexibility index (Phi) is 4.68. The lowest BCUT2D eigenvalue weighted by atomic mass is 10.2. The fraction of sp³-hybridized carbons (Fsp3) is 0.588. The first-order chi connectivity index (χ1) is 12.3. The number of nitriles is 1. The number of hydrogen-bond donors (Lipinski definition) is 1. The van der Waals surface area contributed by atoms with Crippen LogP contribution in [0.5, 0.6) is 0 Å². The van der Waals surface area contributed by atoms with Crippen molar-refractivity contribution in [2.75, 3.05) is 5.01 Å². The summed E-state index contributed by atoms with van der Waals surface area (Å²) in [6.07, 6.45) is 5.01. The summed E-state index contributed by atoms with van der Waals surface area (Å²) >= 11 is 0. The van der Waals surface area contributed by atoms with Crippen LogP contribution in [0.3, 0.4) is 0 Å². The monoisotopic (exact) mass is 357 g/mol. The van der Waals surface area contributed by atoms with Gasteiger partial charge in [0.25, 0.3) is 0 Å². The number of fused-ring (bicyclic) bond motifs is 1. The number of carbonyl (C=O) groups is 1. The number of amides is 1. The minimum Gasteiger partial charge on any atom is -0.443 e. The standard InChI is InChI=1S/C17H23N7O2/c1-17(2,3)26-16(25)22-24(11-7-5-6-8-11)15-13-14(23(4)10-19-13)20-12(9-18)21-15/h10-11H,5-8H2,1-4H3,(H,22,25). The molecule has 1 fully saturated rings. The maximum atomic E-state index is 12.4. The van der Waals surface area contributed by atoms with Gasteiger partial charge in [-0.1, -0.05) is 12.8 Å². The smallest absolute Gasteiger partial charge is 0.426 e. The molecule has 0 aromatic carbocycles. The van der Waals surface area contributed by atoms with Crippen LogP contribution in [0.4, 0.5) is 10.6 Å². The van der Waals surface area contributed by atoms with Gasteiger partial charge in [-0.2, -0.15) is 15.2 Å². The first-order valence-corrected chi connectivity index (χ1v) is 8.66. The molecular formula is C17H23N7O2. The molecule has 9 nitrogen and oxygen atoms in total. The second-order valence-corrected chi connectivity index (χ2v) is 7.43. The van der Waals surface area contributed by atoms with Crippen molar-refractivity contribution in [2.24, 2.45) is 7.05 Å². The van der Waals surface area contributed by atoms with Crippen LogP contribution in [-0.4, -0.2) is 37.3 Å². The molecule has 1 amide bonds. The number of carbonyl (C=O) groups excluding carboxylic acids is 1. The molecule has 0 spiro atoms. The number of nitrogens with zero attached hydrogens (tertiary/aromatic N) is 6. The van der Waals surface area contributed by atoms with Crippen molar-refractivity contribution in [3.63, 3.8) is 0 Å². The molecule has 1 saturated carbocycles. The average Bonchev–Trinajstić information content (AvgIpc) is 3.21. The summed E-state index contributed by atoms with van der Waals surface area (Å²) in [7, 11) is 1.80. The molecule has 2 aromatic rings. The fourth-order valence-electron chi connectivity index (χ4n) is 3.09. The lowest BCUT2D eigenvalue weighted by molar-refractivity contribution is 0.0514. The van der Waals surface area contributed by atoms with Crippen molar-refractivity contribution < 1.29 is 9.53 Å². The summed E-state index contributed by atoms with van der Waals surface area (Å²) in [6.45, 7) is 5.42. The molecule has 0 bridgehead atoms. The molecule has 1 aliphatic rings. The zero-order chi connectivity index (χ0) is 18.9. The van der Waals surface area contributed by atoms with E-state index in [1.807, 2.05) is 26.8 Å². The molecule has 0 unspecified atom stereocenters. The van der Waals surface area contributed by atoms with Gasteiger partial charge >= 0.3 is 6.09 Å². The van der Waals surface area contributed by atoms with E-state index in [-0.39, 0.29) is 11.9 Å². The van der Waals surface area contributed by atoms with E-state index < -0.39 is 11.7 Å². The molecule has 26 heavy (non-hydrogen) atoms. The van der Waals surface area contributed by atoms with Gasteiger partial charge in [0.05, 0.1) is 12.4 Å². The van der Waals surface area contributed by atoms with E-state index in [2.05, 4.69) is 20.4 Å². The number of hydrogen-bond acceptors (Lipinski definition) is 7. The highest BCUT2D eigenvalue weighted by atomic mass is 16.6. The lowest BCUT2D eigenvalue weighted by Crippen LogP contribution is -2.50. The maximum absolute atomic E-state index is 12.4. The van der Waals surface area contributed by atoms with E-state index >= 15 is 0 Å². The third-order valence-electron chi connectivity index (χ3n) is 4.17. The summed E-state index contributed by atoms with van der Waals surface area (Å²) in [5.74, 6) is 0.454. The number of aryl methyl sites for hydroxylation is 1. The number of aromatic nitrogens is 4. The van der Waals surface area contributed by atoms with Crippen LogP contribution in [0, 0.1) is 11.3 Å². The molecule has 2 heterocycles. The predicted molar refractivity (Wildman–Crippen MR) is 95.1 cm³/mol. The van der Waals surface area contributed by atoms with E-state index in [0.29, 0.717) is 17.0 Å². The number of hydrazine groups is 1. The van der Waals surface area contributed by atoms with Gasteiger partial charge in [0.2, 0.25) is 5.82 Å². The first kappa shape index (κ1) is 17.9. The van der Waals surface area contributed by atoms with E-state index in [1.165, 1.54) is 0 Å². The first-order valence-electron chi connectivity index (χ1n) is 8.66. The van der Waals surface area contributed by atoms with Crippen molar-refractivity contribution >= 4 is 23.1 Å². The minimum absolute atomic E-state index is 0.0325. The molecule has 9 heteroatoms. The Morgan fingerprint density at radius 1 is 1.38 bits per heavy atom. The molecule has 0 saturated heterocycles. The Morgan fingerprint density at radius 2 is 2.08 bits per heavy atom. The summed E-state index contributed by atoms with van der Waals surface area (Å²) < 4.78 is 7.12. The highest BCUT2D eigenvalue weighted by Crippen LogP contribution is 2.29. The van der Waals surface area contributed by atoms with Crippen LogP contribution in [-0.2, 0) is 11.8 Å². The summed E-state index contributed by atoms with van der Waals surface area (Å²) in [5, 5.41) is 11.0. The van der Waals surface area contributed by atoms with Gasteiger partial charge in [0.15, 0.2) is 17.0 Å². The second-order valence-electron chi connectivity index (χ2n) is 7.43. The molecule has 138 valence electrons. The van der Waals surface area contributed by atoms with Gasteiger partial charge in [0.1, 0.15) is 11.7 Å². The molecule has 3 rings (SSSR count). The highest BCUT2D eigenvalue weighted by molar-refractivity contribution is 5.85. The van der Waals surface area contributed by atoms with Crippen molar-refractivity contribution in [2.45, 2.75) is 58.1 Å². The van der Waals surface area contributed by atoms with Gasteiger partial charge in [-0.25, -0.2) is 15.2 Å². The third-order valence-corrected chi connectivity index (χ3v) is 4.17. The van der Waals surface area contributed by atoms with Crippen molar-refractivity contribution in [3.8, 4) is 6.07 Å². The molecule has 0 radical (unpaired) electrons. The third kappa shape index (κ3) is 3.69. The zero-order valence-corrected chi connectivity index (χ0v) is 15.5. The Balaban J connectivity index is 2.03. The number of rotatable bonds is 3. The molecular weight excluding hydrogens is 334 g/mol. The van der Waals surface area contributed by atoms with E-state index in [9.17, 15) is 10.1 Å². The molecule has 0 atom stereocenters. The van der Waals surface area contributed by atoms with Crippen LogP contribution in [0.25, 0.3) is 11.2 Å². The Labute approximate surface area is 152 Å². The Bertz CT molecular complexity index is 856. The summed E-state index contributed by atoms with van der Waals surface area (Å²) in [4.78, 5) is 25.3. The average molecular weight is 357 g/mol. The molecule has 1 aliphatic carbocycles. The number of anilines is 1. The maximum Gasteiger partial charge on any atom is 0.426 e. The van der Waals surface area contributed by atoms with Gasteiger partial charge in [-0.15, -0.1) is 0 Å². The van der Waals surface area contributed by atoms with E-state index in [1.54, 1.807) is 23.0 Å². The largest absolute Gasteiger partial charge is 0.443 e. The Morgan fingerprint density at radius 3 is 2.69 bits per heavy atom. The quantitative estimate of drug-likeness (QED) is 0.840. The van der Waals surface area contributed by atoms with Crippen molar-refractivity contribution in [1.29, 1.82) is 5.26 Å². The minimum atomic E-state index is -0.616. The van der Waals surface area contributed by atoms with Crippen LogP contribution in [0.15, 0.2) is 6.33 Å². The summed E-state index contributed by atoms with van der Waals surface area (Å²) in [6, 6.07) is 2.04.